The highest BCUT2D eigenvalue weighted by molar-refractivity contribution is 5.80. The molecule has 6 fully saturated rings. The van der Waals surface area contributed by atoms with Crippen molar-refractivity contribution >= 4 is 11.9 Å². The van der Waals surface area contributed by atoms with Crippen LogP contribution in [0.25, 0.3) is 0 Å². The topological polar surface area (TPSA) is 104 Å². The Labute approximate surface area is 152 Å². The summed E-state index contributed by atoms with van der Waals surface area (Å²) in [5.41, 5.74) is -1.45. The van der Waals surface area contributed by atoms with Crippen LogP contribution in [0.2, 0.25) is 0 Å². The molecule has 0 amide bonds. The standard InChI is InChI=1S/C20H26O6/c1-9-7-19-8-10(9)3-4-11(19)20-6-5-12(26-17(20)25)18(2,16(23)24)14(20)13(19)15(21)22/h10-14,17,25H,1,3-8H2,2H3,(H,21,22)(H,23,24)/t10-,11-,12-,13-,14-,17?,18-,19+,20-/m1/s1. The third kappa shape index (κ3) is 1.51. The summed E-state index contributed by atoms with van der Waals surface area (Å²) in [6, 6.07) is 0. The van der Waals surface area contributed by atoms with Crippen LogP contribution in [0.4, 0.5) is 0 Å². The predicted octanol–water partition coefficient (Wildman–Crippen LogP) is 2.27. The van der Waals surface area contributed by atoms with E-state index in [9.17, 15) is 24.9 Å². The Balaban J connectivity index is 1.78. The maximum absolute atomic E-state index is 12.5. The molecule has 4 bridgehead atoms. The number of aliphatic hydroxyl groups excluding tert-OH is 1. The second-order valence-corrected chi connectivity index (χ2v) is 9.61. The normalized spacial score (nSPS) is 56.9. The van der Waals surface area contributed by atoms with E-state index in [1.165, 1.54) is 0 Å². The number of hydrogen-bond donors (Lipinski definition) is 3. The fourth-order valence-electron chi connectivity index (χ4n) is 8.30. The fraction of sp³-hybridized carbons (Fsp3) is 0.800. The molecular formula is C20H26O6. The van der Waals surface area contributed by atoms with E-state index in [0.717, 1.165) is 24.8 Å². The van der Waals surface area contributed by atoms with Gasteiger partial charge in [-0.1, -0.05) is 12.2 Å². The van der Waals surface area contributed by atoms with Gasteiger partial charge in [-0.3, -0.25) is 9.59 Å². The zero-order valence-corrected chi connectivity index (χ0v) is 15.0. The van der Waals surface area contributed by atoms with Crippen molar-refractivity contribution in [2.24, 2.45) is 39.9 Å². The van der Waals surface area contributed by atoms with Gasteiger partial charge in [-0.15, -0.1) is 0 Å². The summed E-state index contributed by atoms with van der Waals surface area (Å²) in [4.78, 5) is 24.9. The molecule has 0 aromatic carbocycles. The molecule has 6 rings (SSSR count). The number of carboxylic acid groups (broad SMARTS) is 2. The van der Waals surface area contributed by atoms with Gasteiger partial charge in [0.05, 0.1) is 17.4 Å². The fourth-order valence-corrected chi connectivity index (χ4v) is 8.30. The average molecular weight is 362 g/mol. The van der Waals surface area contributed by atoms with Crippen LogP contribution < -0.4 is 0 Å². The van der Waals surface area contributed by atoms with Gasteiger partial charge in [0.25, 0.3) is 0 Å². The Morgan fingerprint density at radius 2 is 1.96 bits per heavy atom. The van der Waals surface area contributed by atoms with Crippen LogP contribution in [-0.4, -0.2) is 39.7 Å². The number of rotatable bonds is 2. The highest BCUT2D eigenvalue weighted by Gasteiger charge is 2.82. The first-order chi connectivity index (χ1) is 12.2. The second kappa shape index (κ2) is 4.71. The molecular weight excluding hydrogens is 336 g/mol. The first-order valence-corrected chi connectivity index (χ1v) is 9.67. The molecule has 2 spiro atoms. The van der Waals surface area contributed by atoms with Crippen LogP contribution >= 0.6 is 0 Å². The van der Waals surface area contributed by atoms with Gasteiger partial charge in [0.2, 0.25) is 0 Å². The number of carboxylic acids is 2. The molecule has 3 N–H and O–H groups in total. The number of fused-ring (bicyclic) bond motifs is 3. The van der Waals surface area contributed by atoms with Crippen LogP contribution in [0.1, 0.15) is 45.4 Å². The molecule has 0 radical (unpaired) electrons. The lowest BCUT2D eigenvalue weighted by Crippen LogP contribution is -2.68. The van der Waals surface area contributed by atoms with Crippen molar-refractivity contribution in [1.82, 2.24) is 0 Å². The predicted molar refractivity (Wildman–Crippen MR) is 89.9 cm³/mol. The SMILES string of the molecule is C=C1C[C@]23C[C@H]1CC[C@H]2[C@@]12CC[C@@H](OC1O)[C@@](C)(C(=O)O)[C@H]2[C@@H]3C(=O)O. The molecule has 4 saturated carbocycles. The molecule has 6 aliphatic rings. The number of allylic oxidation sites excluding steroid dienone is 1. The number of aliphatic carboxylic acids is 2. The van der Waals surface area contributed by atoms with Crippen molar-refractivity contribution in [2.75, 3.05) is 0 Å². The molecule has 1 unspecified atom stereocenters. The van der Waals surface area contributed by atoms with Crippen LogP contribution in [0.3, 0.4) is 0 Å². The first kappa shape index (κ1) is 16.8. The summed E-state index contributed by atoms with van der Waals surface area (Å²) in [5.74, 6) is -2.99. The maximum Gasteiger partial charge on any atom is 0.312 e. The van der Waals surface area contributed by atoms with Crippen molar-refractivity contribution < 1.29 is 29.6 Å². The number of aliphatic hydroxyl groups is 1. The molecule has 2 heterocycles. The Morgan fingerprint density at radius 3 is 2.58 bits per heavy atom. The molecule has 6 heteroatoms. The van der Waals surface area contributed by atoms with E-state index in [-0.39, 0.29) is 5.92 Å². The van der Waals surface area contributed by atoms with E-state index in [2.05, 4.69) is 6.58 Å². The van der Waals surface area contributed by atoms with Crippen molar-refractivity contribution in [3.8, 4) is 0 Å². The monoisotopic (exact) mass is 362 g/mol. The van der Waals surface area contributed by atoms with Gasteiger partial charge in [-0.25, -0.2) is 0 Å². The Morgan fingerprint density at radius 1 is 1.23 bits per heavy atom. The van der Waals surface area contributed by atoms with Crippen LogP contribution in [0, 0.1) is 39.9 Å². The Kier molecular flexibility index (Phi) is 3.03. The van der Waals surface area contributed by atoms with Crippen molar-refractivity contribution in [3.63, 3.8) is 0 Å². The zero-order chi connectivity index (χ0) is 18.6. The number of hydrogen-bond acceptors (Lipinski definition) is 4. The zero-order valence-electron chi connectivity index (χ0n) is 15.0. The molecule has 2 aliphatic heterocycles. The first-order valence-electron chi connectivity index (χ1n) is 9.67. The third-order valence-corrected chi connectivity index (χ3v) is 9.07. The van der Waals surface area contributed by atoms with E-state index in [1.54, 1.807) is 6.92 Å². The van der Waals surface area contributed by atoms with Crippen LogP contribution in [0.5, 0.6) is 0 Å². The molecule has 26 heavy (non-hydrogen) atoms. The highest BCUT2D eigenvalue weighted by Crippen LogP contribution is 2.80. The molecule has 2 saturated heterocycles. The van der Waals surface area contributed by atoms with Gasteiger partial charge >= 0.3 is 11.9 Å². The summed E-state index contributed by atoms with van der Waals surface area (Å²) >= 11 is 0. The molecule has 6 nitrogen and oxygen atoms in total. The highest BCUT2D eigenvalue weighted by atomic mass is 16.6. The summed E-state index contributed by atoms with van der Waals surface area (Å²) in [6.45, 7) is 5.86. The van der Waals surface area contributed by atoms with Gasteiger partial charge in [-0.2, -0.15) is 0 Å². The molecule has 0 aromatic heterocycles. The van der Waals surface area contributed by atoms with Gasteiger partial charge in [0.15, 0.2) is 6.29 Å². The van der Waals surface area contributed by atoms with Crippen molar-refractivity contribution in [3.05, 3.63) is 12.2 Å². The van der Waals surface area contributed by atoms with Gasteiger partial charge in [0.1, 0.15) is 0 Å². The van der Waals surface area contributed by atoms with Crippen LogP contribution in [-0.2, 0) is 14.3 Å². The van der Waals surface area contributed by atoms with E-state index in [4.69, 9.17) is 4.74 Å². The molecule has 4 aliphatic carbocycles. The summed E-state index contributed by atoms with van der Waals surface area (Å²) in [7, 11) is 0. The van der Waals surface area contributed by atoms with E-state index < -0.39 is 52.4 Å². The van der Waals surface area contributed by atoms with E-state index in [0.29, 0.717) is 25.2 Å². The van der Waals surface area contributed by atoms with Gasteiger partial charge < -0.3 is 20.1 Å². The van der Waals surface area contributed by atoms with E-state index >= 15 is 0 Å². The second-order valence-electron chi connectivity index (χ2n) is 9.61. The van der Waals surface area contributed by atoms with Crippen molar-refractivity contribution in [1.29, 1.82) is 0 Å². The smallest absolute Gasteiger partial charge is 0.312 e. The minimum Gasteiger partial charge on any atom is -0.481 e. The number of carbonyl (C=O) groups is 2. The molecule has 142 valence electrons. The lowest BCUT2D eigenvalue weighted by molar-refractivity contribution is -0.335. The lowest BCUT2D eigenvalue weighted by Gasteiger charge is -2.61. The van der Waals surface area contributed by atoms with Gasteiger partial charge in [-0.05, 0) is 62.7 Å². The average Bonchev–Trinajstić information content (AvgIpc) is 2.98. The van der Waals surface area contributed by atoms with Gasteiger partial charge in [0, 0.05) is 11.3 Å². The maximum atomic E-state index is 12.5. The summed E-state index contributed by atoms with van der Waals surface area (Å²) in [5, 5.41) is 31.4. The summed E-state index contributed by atoms with van der Waals surface area (Å²) in [6.07, 6.45) is 2.69. The minimum absolute atomic E-state index is 0.0217. The quantitative estimate of drug-likeness (QED) is 0.651. The largest absolute Gasteiger partial charge is 0.481 e. The lowest BCUT2D eigenvalue weighted by atomic mass is 9.49. The van der Waals surface area contributed by atoms with E-state index in [1.807, 2.05) is 0 Å². The Bertz CT molecular complexity index is 732. The van der Waals surface area contributed by atoms with Crippen LogP contribution in [0.15, 0.2) is 12.2 Å². The third-order valence-electron chi connectivity index (χ3n) is 9.07. The summed E-state index contributed by atoms with van der Waals surface area (Å²) < 4.78 is 5.83. The molecule has 0 aromatic rings. The number of ether oxygens (including phenoxy) is 1. The molecule has 9 atom stereocenters. The van der Waals surface area contributed by atoms with Crippen molar-refractivity contribution in [2.45, 2.75) is 57.8 Å². The Hall–Kier alpha value is -1.40. The minimum atomic E-state index is -1.29.